The SMILES string of the molecule is CCn1ccc(N2CC3CCCCN3CC2C)n1. The van der Waals surface area contributed by atoms with Crippen molar-refractivity contribution in [1.29, 1.82) is 0 Å². The van der Waals surface area contributed by atoms with Gasteiger partial charge in [0.15, 0.2) is 5.82 Å². The lowest BCUT2D eigenvalue weighted by Gasteiger charge is -2.47. The number of aryl methyl sites for hydroxylation is 1. The summed E-state index contributed by atoms with van der Waals surface area (Å²) >= 11 is 0. The highest BCUT2D eigenvalue weighted by molar-refractivity contribution is 5.39. The number of hydrogen-bond acceptors (Lipinski definition) is 3. The van der Waals surface area contributed by atoms with E-state index in [-0.39, 0.29) is 0 Å². The zero-order valence-electron chi connectivity index (χ0n) is 11.5. The fraction of sp³-hybridized carbons (Fsp3) is 0.786. The van der Waals surface area contributed by atoms with E-state index in [1.807, 2.05) is 4.68 Å². The molecule has 2 aliphatic rings. The molecule has 2 atom stereocenters. The standard InChI is InChI=1S/C14H24N4/c1-3-17-9-7-14(15-17)18-11-13-6-4-5-8-16(13)10-12(18)2/h7,9,12-13H,3-6,8,10-11H2,1-2H3. The van der Waals surface area contributed by atoms with Crippen LogP contribution < -0.4 is 4.90 Å². The van der Waals surface area contributed by atoms with E-state index in [1.54, 1.807) is 0 Å². The first-order chi connectivity index (χ1) is 8.78. The lowest BCUT2D eigenvalue weighted by molar-refractivity contribution is 0.115. The minimum absolute atomic E-state index is 0.583. The molecule has 4 heteroatoms. The van der Waals surface area contributed by atoms with Crippen LogP contribution in [0.15, 0.2) is 12.3 Å². The molecule has 3 rings (SSSR count). The van der Waals surface area contributed by atoms with E-state index in [1.165, 1.54) is 32.4 Å². The van der Waals surface area contributed by atoms with Gasteiger partial charge in [-0.05, 0) is 33.2 Å². The molecule has 0 N–H and O–H groups in total. The summed E-state index contributed by atoms with van der Waals surface area (Å²) in [6.07, 6.45) is 6.23. The summed E-state index contributed by atoms with van der Waals surface area (Å²) in [7, 11) is 0. The van der Waals surface area contributed by atoms with Gasteiger partial charge in [-0.25, -0.2) is 0 Å². The van der Waals surface area contributed by atoms with E-state index in [2.05, 4.69) is 41.0 Å². The second-order valence-electron chi connectivity index (χ2n) is 5.68. The van der Waals surface area contributed by atoms with Crippen molar-refractivity contribution in [1.82, 2.24) is 14.7 Å². The maximum atomic E-state index is 4.66. The molecule has 0 saturated carbocycles. The van der Waals surface area contributed by atoms with Crippen LogP contribution in [0.25, 0.3) is 0 Å². The predicted octanol–water partition coefficient (Wildman–Crippen LogP) is 1.97. The minimum Gasteiger partial charge on any atom is -0.350 e. The van der Waals surface area contributed by atoms with Gasteiger partial charge in [0.05, 0.1) is 0 Å². The Morgan fingerprint density at radius 1 is 1.33 bits per heavy atom. The fourth-order valence-corrected chi connectivity index (χ4v) is 3.35. The number of piperazine rings is 1. The van der Waals surface area contributed by atoms with E-state index < -0.39 is 0 Å². The van der Waals surface area contributed by atoms with Crippen LogP contribution in [0.5, 0.6) is 0 Å². The Balaban J connectivity index is 1.75. The zero-order chi connectivity index (χ0) is 12.5. The Morgan fingerprint density at radius 3 is 3.00 bits per heavy atom. The van der Waals surface area contributed by atoms with Crippen LogP contribution >= 0.6 is 0 Å². The number of piperidine rings is 1. The van der Waals surface area contributed by atoms with Crippen LogP contribution in [0.1, 0.15) is 33.1 Å². The topological polar surface area (TPSA) is 24.3 Å². The number of fused-ring (bicyclic) bond motifs is 1. The Hall–Kier alpha value is -1.03. The molecule has 2 fully saturated rings. The maximum Gasteiger partial charge on any atom is 0.150 e. The minimum atomic E-state index is 0.583. The molecule has 0 amide bonds. The summed E-state index contributed by atoms with van der Waals surface area (Å²) in [6, 6.07) is 3.50. The van der Waals surface area contributed by atoms with Crippen molar-refractivity contribution in [2.75, 3.05) is 24.5 Å². The number of anilines is 1. The Morgan fingerprint density at radius 2 is 2.22 bits per heavy atom. The van der Waals surface area contributed by atoms with Gasteiger partial charge in [-0.15, -0.1) is 0 Å². The van der Waals surface area contributed by atoms with E-state index in [4.69, 9.17) is 0 Å². The maximum absolute atomic E-state index is 4.66. The summed E-state index contributed by atoms with van der Waals surface area (Å²) in [5, 5.41) is 4.66. The molecular weight excluding hydrogens is 224 g/mol. The third kappa shape index (κ3) is 2.14. The molecule has 18 heavy (non-hydrogen) atoms. The van der Waals surface area contributed by atoms with Gasteiger partial charge < -0.3 is 4.90 Å². The van der Waals surface area contributed by atoms with Crippen LogP contribution in [-0.2, 0) is 6.54 Å². The lowest BCUT2D eigenvalue weighted by atomic mass is 9.97. The quantitative estimate of drug-likeness (QED) is 0.799. The molecule has 0 bridgehead atoms. The summed E-state index contributed by atoms with van der Waals surface area (Å²) in [6.45, 7) is 9.07. The van der Waals surface area contributed by atoms with E-state index >= 15 is 0 Å². The molecule has 4 nitrogen and oxygen atoms in total. The fourth-order valence-electron chi connectivity index (χ4n) is 3.35. The van der Waals surface area contributed by atoms with Crippen molar-refractivity contribution < 1.29 is 0 Å². The normalized spacial score (nSPS) is 29.3. The highest BCUT2D eigenvalue weighted by Crippen LogP contribution is 2.27. The van der Waals surface area contributed by atoms with Gasteiger partial charge in [0.2, 0.25) is 0 Å². The van der Waals surface area contributed by atoms with Gasteiger partial charge in [0, 0.05) is 44.0 Å². The van der Waals surface area contributed by atoms with Crippen LogP contribution in [-0.4, -0.2) is 46.4 Å². The van der Waals surface area contributed by atoms with Crippen LogP contribution in [0.2, 0.25) is 0 Å². The highest BCUT2D eigenvalue weighted by atomic mass is 15.4. The third-order valence-electron chi connectivity index (χ3n) is 4.43. The van der Waals surface area contributed by atoms with Crippen LogP contribution in [0.4, 0.5) is 5.82 Å². The first kappa shape index (κ1) is 12.0. The van der Waals surface area contributed by atoms with Gasteiger partial charge in [-0.3, -0.25) is 9.58 Å². The first-order valence-electron chi connectivity index (χ1n) is 7.32. The predicted molar refractivity (Wildman–Crippen MR) is 73.9 cm³/mol. The average Bonchev–Trinajstić information content (AvgIpc) is 2.86. The number of hydrogen-bond donors (Lipinski definition) is 0. The number of aromatic nitrogens is 2. The first-order valence-corrected chi connectivity index (χ1v) is 7.32. The van der Waals surface area contributed by atoms with Crippen molar-refractivity contribution in [3.8, 4) is 0 Å². The average molecular weight is 248 g/mol. The molecule has 0 radical (unpaired) electrons. The second kappa shape index (κ2) is 4.92. The van der Waals surface area contributed by atoms with E-state index in [0.717, 1.165) is 24.9 Å². The highest BCUT2D eigenvalue weighted by Gasteiger charge is 2.33. The number of rotatable bonds is 2. The Labute approximate surface area is 110 Å². The molecular formula is C14H24N4. The van der Waals surface area contributed by atoms with Gasteiger partial charge >= 0.3 is 0 Å². The van der Waals surface area contributed by atoms with Crippen LogP contribution in [0, 0.1) is 0 Å². The van der Waals surface area contributed by atoms with Crippen molar-refractivity contribution >= 4 is 5.82 Å². The van der Waals surface area contributed by atoms with E-state index in [9.17, 15) is 0 Å². The van der Waals surface area contributed by atoms with Gasteiger partial charge in [-0.2, -0.15) is 5.10 Å². The van der Waals surface area contributed by atoms with Gasteiger partial charge in [-0.1, -0.05) is 6.42 Å². The Kier molecular flexibility index (Phi) is 3.29. The third-order valence-corrected chi connectivity index (χ3v) is 4.43. The molecule has 1 aromatic heterocycles. The van der Waals surface area contributed by atoms with Crippen LogP contribution in [0.3, 0.4) is 0 Å². The number of nitrogens with zero attached hydrogens (tertiary/aromatic N) is 4. The summed E-state index contributed by atoms with van der Waals surface area (Å²) in [4.78, 5) is 5.18. The molecule has 3 heterocycles. The molecule has 100 valence electrons. The Bertz CT molecular complexity index is 400. The van der Waals surface area contributed by atoms with Gasteiger partial charge in [0.1, 0.15) is 0 Å². The zero-order valence-corrected chi connectivity index (χ0v) is 11.5. The van der Waals surface area contributed by atoms with E-state index in [0.29, 0.717) is 6.04 Å². The molecule has 2 unspecified atom stereocenters. The molecule has 0 aromatic carbocycles. The monoisotopic (exact) mass is 248 g/mol. The van der Waals surface area contributed by atoms with Crippen molar-refractivity contribution in [3.63, 3.8) is 0 Å². The lowest BCUT2D eigenvalue weighted by Crippen LogP contribution is -2.59. The smallest absolute Gasteiger partial charge is 0.150 e. The summed E-state index contributed by atoms with van der Waals surface area (Å²) in [5.41, 5.74) is 0. The summed E-state index contributed by atoms with van der Waals surface area (Å²) < 4.78 is 2.02. The molecule has 2 saturated heterocycles. The molecule has 0 aliphatic carbocycles. The van der Waals surface area contributed by atoms with Crippen molar-refractivity contribution in [3.05, 3.63) is 12.3 Å². The van der Waals surface area contributed by atoms with Crippen molar-refractivity contribution in [2.45, 2.75) is 51.7 Å². The second-order valence-corrected chi connectivity index (χ2v) is 5.68. The van der Waals surface area contributed by atoms with Crippen molar-refractivity contribution in [2.24, 2.45) is 0 Å². The van der Waals surface area contributed by atoms with Gasteiger partial charge in [0.25, 0.3) is 0 Å². The largest absolute Gasteiger partial charge is 0.350 e. The molecule has 2 aliphatic heterocycles. The summed E-state index contributed by atoms with van der Waals surface area (Å²) in [5.74, 6) is 1.16. The molecule has 1 aromatic rings. The molecule has 0 spiro atoms.